The maximum atomic E-state index is 8.49. The van der Waals surface area contributed by atoms with Crippen LogP contribution in [0.5, 0.6) is 0 Å². The summed E-state index contributed by atoms with van der Waals surface area (Å²) in [4.78, 5) is 0. The van der Waals surface area contributed by atoms with Crippen LogP contribution in [-0.4, -0.2) is 31.7 Å². The lowest BCUT2D eigenvalue weighted by Gasteiger charge is -2.21. The monoisotopic (exact) mass is 199 g/mol. The minimum atomic E-state index is -4.94. The Morgan fingerprint density at radius 3 is 1.25 bits per heavy atom. The number of likely N-dealkylation sites (tertiary alicyclic amines) is 1. The van der Waals surface area contributed by atoms with Crippen molar-refractivity contribution in [3.63, 3.8) is 0 Å². The van der Waals surface area contributed by atoms with Gasteiger partial charge >= 0.3 is 0 Å². The van der Waals surface area contributed by atoms with Crippen LogP contribution < -0.4 is 18.6 Å². The highest BCUT2D eigenvalue weighted by molar-refractivity contribution is 4.46. The van der Waals surface area contributed by atoms with Gasteiger partial charge in [-0.2, -0.15) is 0 Å². The average molecular weight is 200 g/mol. The zero-order chi connectivity index (χ0) is 9.83. The van der Waals surface area contributed by atoms with Gasteiger partial charge in [0.05, 0.1) is 27.2 Å². The first kappa shape index (κ1) is 12.1. The molecule has 0 amide bonds. The van der Waals surface area contributed by atoms with Crippen molar-refractivity contribution in [2.75, 3.05) is 27.2 Å². The molecule has 1 rings (SSSR count). The second-order valence-corrected chi connectivity index (χ2v) is 4.22. The quantitative estimate of drug-likeness (QED) is 0.373. The van der Waals surface area contributed by atoms with Crippen LogP contribution in [0.15, 0.2) is 0 Å². The van der Waals surface area contributed by atoms with Gasteiger partial charge in [-0.1, -0.05) is 0 Å². The largest absolute Gasteiger partial charge is 0.328 e. The van der Waals surface area contributed by atoms with E-state index in [0.29, 0.717) is 0 Å². The molecular formula is C6H14ClNO4. The van der Waals surface area contributed by atoms with Crippen molar-refractivity contribution >= 4 is 0 Å². The van der Waals surface area contributed by atoms with Crippen molar-refractivity contribution in [2.45, 2.75) is 12.8 Å². The van der Waals surface area contributed by atoms with E-state index in [0.717, 1.165) is 0 Å². The topological polar surface area (TPSA) is 92.2 Å². The molecule has 0 aliphatic carbocycles. The number of halogens is 1. The first-order valence-electron chi connectivity index (χ1n) is 3.64. The molecular weight excluding hydrogens is 186 g/mol. The summed E-state index contributed by atoms with van der Waals surface area (Å²) in [5.41, 5.74) is 0. The van der Waals surface area contributed by atoms with Gasteiger partial charge in [0.25, 0.3) is 0 Å². The van der Waals surface area contributed by atoms with E-state index in [9.17, 15) is 0 Å². The SMILES string of the molecule is C[N+]1(C)CCCC1.[O-][Cl+3]([O-])([O-])[O-]. The van der Waals surface area contributed by atoms with Crippen molar-refractivity contribution in [3.8, 4) is 0 Å². The van der Waals surface area contributed by atoms with Gasteiger partial charge in [-0.15, -0.1) is 10.2 Å². The lowest BCUT2D eigenvalue weighted by atomic mass is 10.4. The molecule has 1 saturated heterocycles. The average Bonchev–Trinajstić information content (AvgIpc) is 2.08. The van der Waals surface area contributed by atoms with E-state index < -0.39 is 10.2 Å². The lowest BCUT2D eigenvalue weighted by molar-refractivity contribution is -2.00. The molecule has 0 unspecified atom stereocenters. The van der Waals surface area contributed by atoms with Gasteiger partial charge in [-0.3, -0.25) is 0 Å². The fraction of sp³-hybridized carbons (Fsp3) is 1.00. The van der Waals surface area contributed by atoms with Gasteiger partial charge in [0.2, 0.25) is 0 Å². The highest BCUT2D eigenvalue weighted by atomic mass is 35.7. The number of rotatable bonds is 0. The fourth-order valence-corrected chi connectivity index (χ4v) is 1.19. The molecule has 0 radical (unpaired) electrons. The van der Waals surface area contributed by atoms with Gasteiger partial charge in [0, 0.05) is 12.8 Å². The number of hydrogen-bond donors (Lipinski definition) is 0. The van der Waals surface area contributed by atoms with Gasteiger partial charge in [0.1, 0.15) is 0 Å². The minimum absolute atomic E-state index is 1.25. The van der Waals surface area contributed by atoms with E-state index >= 15 is 0 Å². The number of nitrogens with zero attached hydrogens (tertiary/aromatic N) is 1. The zero-order valence-corrected chi connectivity index (χ0v) is 8.04. The van der Waals surface area contributed by atoms with Crippen LogP contribution in [0.1, 0.15) is 12.8 Å². The second kappa shape index (κ2) is 4.36. The molecule has 12 heavy (non-hydrogen) atoms. The molecule has 0 aromatic rings. The summed E-state index contributed by atoms with van der Waals surface area (Å²) in [7, 11) is -0.347. The van der Waals surface area contributed by atoms with Crippen LogP contribution >= 0.6 is 0 Å². The Hall–Kier alpha value is 0.0900. The van der Waals surface area contributed by atoms with Crippen molar-refractivity contribution in [2.24, 2.45) is 0 Å². The van der Waals surface area contributed by atoms with Gasteiger partial charge in [0.15, 0.2) is 0 Å². The summed E-state index contributed by atoms with van der Waals surface area (Å²) >= 11 is 0. The summed E-state index contributed by atoms with van der Waals surface area (Å²) in [5, 5.41) is 0. The maximum absolute atomic E-state index is 8.49. The molecule has 0 bridgehead atoms. The molecule has 1 aliphatic rings. The molecule has 1 heterocycles. The smallest absolute Gasteiger partial charge is 0.0784 e. The molecule has 6 heteroatoms. The Balaban J connectivity index is 0.000000217. The lowest BCUT2D eigenvalue weighted by Crippen LogP contribution is -2.68. The van der Waals surface area contributed by atoms with E-state index in [2.05, 4.69) is 14.1 Å². The third-order valence-corrected chi connectivity index (χ3v) is 1.78. The standard InChI is InChI=1S/C6H14N.ClHO4/c1-7(2)5-3-4-6-7;2-1(3,4)5/h3-6H2,1-2H3;(H,2,3,4,5)/q+1;/p-1. The van der Waals surface area contributed by atoms with Crippen LogP contribution in [0.3, 0.4) is 0 Å². The molecule has 74 valence electrons. The summed E-state index contributed by atoms with van der Waals surface area (Å²) in [6, 6.07) is 0. The molecule has 0 spiro atoms. The Morgan fingerprint density at radius 2 is 1.17 bits per heavy atom. The molecule has 0 aromatic carbocycles. The molecule has 0 N–H and O–H groups in total. The Morgan fingerprint density at radius 1 is 0.917 bits per heavy atom. The summed E-state index contributed by atoms with van der Waals surface area (Å²) in [5.74, 6) is 0. The summed E-state index contributed by atoms with van der Waals surface area (Å²) in [6.45, 7) is 2.78. The third kappa shape index (κ3) is 10.1. The fourth-order valence-electron chi connectivity index (χ4n) is 1.19. The second-order valence-electron chi connectivity index (χ2n) is 3.47. The number of quaternary nitrogens is 1. The Bertz CT molecular complexity index is 120. The zero-order valence-electron chi connectivity index (χ0n) is 7.29. The molecule has 1 fully saturated rings. The number of hydrogen-bond acceptors (Lipinski definition) is 4. The van der Waals surface area contributed by atoms with Gasteiger partial charge < -0.3 is 4.48 Å². The third-order valence-electron chi connectivity index (χ3n) is 1.78. The van der Waals surface area contributed by atoms with Crippen molar-refractivity contribution in [3.05, 3.63) is 0 Å². The van der Waals surface area contributed by atoms with E-state index in [1.165, 1.54) is 30.4 Å². The van der Waals surface area contributed by atoms with E-state index in [1.54, 1.807) is 0 Å². The van der Waals surface area contributed by atoms with Crippen molar-refractivity contribution in [1.82, 2.24) is 0 Å². The van der Waals surface area contributed by atoms with Crippen molar-refractivity contribution in [1.29, 1.82) is 0 Å². The predicted octanol–water partition coefficient (Wildman–Crippen LogP) is -3.90. The predicted molar refractivity (Wildman–Crippen MR) is 31.1 cm³/mol. The molecule has 0 aromatic heterocycles. The van der Waals surface area contributed by atoms with E-state index in [4.69, 9.17) is 18.6 Å². The van der Waals surface area contributed by atoms with Crippen LogP contribution in [-0.2, 0) is 0 Å². The Labute approximate surface area is 74.2 Å². The molecule has 0 saturated carbocycles. The van der Waals surface area contributed by atoms with E-state index in [1.807, 2.05) is 0 Å². The first-order chi connectivity index (χ1) is 5.21. The highest BCUT2D eigenvalue weighted by Crippen LogP contribution is 2.11. The van der Waals surface area contributed by atoms with Crippen LogP contribution in [0.4, 0.5) is 0 Å². The van der Waals surface area contributed by atoms with Gasteiger partial charge in [-0.05, 0) is 0 Å². The minimum Gasteiger partial charge on any atom is -0.328 e. The summed E-state index contributed by atoms with van der Waals surface area (Å²) < 4.78 is 35.2. The van der Waals surface area contributed by atoms with E-state index in [-0.39, 0.29) is 0 Å². The van der Waals surface area contributed by atoms with Crippen LogP contribution in [0, 0.1) is 10.2 Å². The molecule has 0 atom stereocenters. The normalized spacial score (nSPS) is 21.5. The first-order valence-corrected chi connectivity index (χ1v) is 4.88. The molecule has 5 nitrogen and oxygen atoms in total. The highest BCUT2D eigenvalue weighted by Gasteiger charge is 2.19. The van der Waals surface area contributed by atoms with Crippen LogP contribution in [0.25, 0.3) is 0 Å². The van der Waals surface area contributed by atoms with Gasteiger partial charge in [-0.25, -0.2) is 18.6 Å². The summed E-state index contributed by atoms with van der Waals surface area (Å²) in [6.07, 6.45) is 2.88. The van der Waals surface area contributed by atoms with Crippen molar-refractivity contribution < 1.29 is 33.4 Å². The van der Waals surface area contributed by atoms with Crippen LogP contribution in [0.2, 0.25) is 0 Å². The molecule has 1 aliphatic heterocycles. The maximum Gasteiger partial charge on any atom is 0.0784 e. The Kier molecular flexibility index (Phi) is 4.39.